The van der Waals surface area contributed by atoms with E-state index >= 15 is 0 Å². The monoisotopic (exact) mass is 263 g/mol. The van der Waals surface area contributed by atoms with Crippen LogP contribution in [0.2, 0.25) is 0 Å². The fourth-order valence-electron chi connectivity index (χ4n) is 1.73. The summed E-state index contributed by atoms with van der Waals surface area (Å²) in [6, 6.07) is 0. The third-order valence-corrected chi connectivity index (χ3v) is 2.98. The summed E-state index contributed by atoms with van der Waals surface area (Å²) in [4.78, 5) is 18.3. The van der Waals surface area contributed by atoms with Gasteiger partial charge in [-0.1, -0.05) is 0 Å². The maximum Gasteiger partial charge on any atom is 0.356 e. The minimum atomic E-state index is -0.587. The van der Waals surface area contributed by atoms with E-state index < -0.39 is 4.92 Å². The number of anilines is 1. The second-order valence-corrected chi connectivity index (χ2v) is 4.00. The number of nitrogen functional groups attached to an aromatic ring is 1. The summed E-state index contributed by atoms with van der Waals surface area (Å²) < 4.78 is 1.42. The fraction of sp³-hybridized carbons (Fsp3) is 0.300. The van der Waals surface area contributed by atoms with E-state index in [0.717, 1.165) is 17.0 Å². The average Bonchev–Trinajstić information content (AvgIpc) is 2.65. The molecule has 2 aromatic heterocycles. The molecule has 2 aromatic rings. The number of nitrogens with two attached hydrogens (primary N) is 1. The fourth-order valence-corrected chi connectivity index (χ4v) is 1.73. The van der Waals surface area contributed by atoms with Gasteiger partial charge in [0.25, 0.3) is 0 Å². The van der Waals surface area contributed by atoms with Gasteiger partial charge in [0.2, 0.25) is 11.6 Å². The summed E-state index contributed by atoms with van der Waals surface area (Å²) in [6.45, 7) is 5.54. The van der Waals surface area contributed by atoms with Crippen molar-refractivity contribution < 1.29 is 4.92 Å². The van der Waals surface area contributed by atoms with E-state index in [1.807, 2.05) is 20.8 Å². The lowest BCUT2D eigenvalue weighted by Crippen LogP contribution is -2.14. The zero-order valence-electron chi connectivity index (χ0n) is 10.7. The van der Waals surface area contributed by atoms with Gasteiger partial charge in [-0.15, -0.1) is 0 Å². The lowest BCUT2D eigenvalue weighted by atomic mass is 10.2. The largest absolute Gasteiger partial charge is 0.356 e. The number of nitro groups is 1. The van der Waals surface area contributed by atoms with E-state index in [-0.39, 0.29) is 17.3 Å². The number of rotatable bonds is 3. The number of hydrogen-bond acceptors (Lipinski definition) is 7. The van der Waals surface area contributed by atoms with Crippen molar-refractivity contribution in [1.82, 2.24) is 19.7 Å². The number of aromatic nitrogens is 4. The molecule has 2 heterocycles. The number of nitrogens with one attached hydrogen (secondary N) is 1. The standard InChI is InChI=1S/C10H13N7O2/c1-5-6(2)15-16(7(5)3)10-8(17(18)19)9(14-11)12-4-13-10/h4H,11H2,1-3H3,(H,12,13,14). The molecule has 0 aliphatic rings. The van der Waals surface area contributed by atoms with E-state index in [2.05, 4.69) is 20.5 Å². The first-order chi connectivity index (χ1) is 8.97. The van der Waals surface area contributed by atoms with Gasteiger partial charge in [-0.25, -0.2) is 20.5 Å². The number of aryl methyl sites for hydroxylation is 1. The van der Waals surface area contributed by atoms with Crippen molar-refractivity contribution in [3.8, 4) is 5.82 Å². The van der Waals surface area contributed by atoms with Gasteiger partial charge >= 0.3 is 5.69 Å². The second-order valence-electron chi connectivity index (χ2n) is 4.00. The van der Waals surface area contributed by atoms with Crippen molar-refractivity contribution in [3.63, 3.8) is 0 Å². The van der Waals surface area contributed by atoms with Crippen LogP contribution in [0.1, 0.15) is 17.0 Å². The maximum atomic E-state index is 11.2. The molecule has 0 amide bonds. The first kappa shape index (κ1) is 12.9. The molecule has 0 spiro atoms. The first-order valence-electron chi connectivity index (χ1n) is 5.46. The Labute approximate surface area is 108 Å². The highest BCUT2D eigenvalue weighted by Gasteiger charge is 2.26. The third-order valence-electron chi connectivity index (χ3n) is 2.98. The molecule has 0 aliphatic heterocycles. The molecule has 0 fully saturated rings. The summed E-state index contributed by atoms with van der Waals surface area (Å²) in [6.07, 6.45) is 1.20. The molecule has 9 heteroatoms. The Morgan fingerprint density at radius 1 is 1.37 bits per heavy atom. The van der Waals surface area contributed by atoms with Crippen molar-refractivity contribution in [2.75, 3.05) is 5.43 Å². The highest BCUT2D eigenvalue weighted by molar-refractivity contribution is 5.63. The molecule has 0 saturated carbocycles. The van der Waals surface area contributed by atoms with Gasteiger partial charge in [0.15, 0.2) is 0 Å². The summed E-state index contributed by atoms with van der Waals surface area (Å²) >= 11 is 0. The molecule has 0 aliphatic carbocycles. The van der Waals surface area contributed by atoms with Crippen LogP contribution in [0.15, 0.2) is 6.33 Å². The molecule has 3 N–H and O–H groups in total. The van der Waals surface area contributed by atoms with Crippen molar-refractivity contribution in [2.24, 2.45) is 5.84 Å². The molecule has 100 valence electrons. The van der Waals surface area contributed by atoms with Crippen LogP contribution in [0.25, 0.3) is 5.82 Å². The van der Waals surface area contributed by atoms with Crippen molar-refractivity contribution in [3.05, 3.63) is 33.4 Å². The van der Waals surface area contributed by atoms with E-state index in [1.165, 1.54) is 11.0 Å². The van der Waals surface area contributed by atoms with Crippen LogP contribution >= 0.6 is 0 Å². The van der Waals surface area contributed by atoms with Gasteiger partial charge < -0.3 is 5.43 Å². The summed E-state index contributed by atoms with van der Waals surface area (Å²) in [5, 5.41) is 15.4. The lowest BCUT2D eigenvalue weighted by Gasteiger charge is -2.06. The Hall–Kier alpha value is -2.55. The first-order valence-corrected chi connectivity index (χ1v) is 5.46. The van der Waals surface area contributed by atoms with Gasteiger partial charge in [0.05, 0.1) is 10.6 Å². The SMILES string of the molecule is Cc1nn(-c2ncnc(NN)c2[N+](=O)[O-])c(C)c1C. The zero-order chi connectivity index (χ0) is 14.2. The van der Waals surface area contributed by atoms with Gasteiger partial charge in [0, 0.05) is 5.69 Å². The van der Waals surface area contributed by atoms with Crippen LogP contribution < -0.4 is 11.3 Å². The average molecular weight is 263 g/mol. The van der Waals surface area contributed by atoms with Gasteiger partial charge in [0.1, 0.15) is 6.33 Å². The van der Waals surface area contributed by atoms with Crippen molar-refractivity contribution in [1.29, 1.82) is 0 Å². The van der Waals surface area contributed by atoms with Gasteiger partial charge in [-0.3, -0.25) is 10.1 Å². The number of hydrazine groups is 1. The van der Waals surface area contributed by atoms with Crippen LogP contribution in [0, 0.1) is 30.9 Å². The maximum absolute atomic E-state index is 11.2. The quantitative estimate of drug-likeness (QED) is 0.476. The molecule has 0 bridgehead atoms. The Bertz CT molecular complexity index is 650. The minimum absolute atomic E-state index is 0.0554. The molecule has 9 nitrogen and oxygen atoms in total. The van der Waals surface area contributed by atoms with E-state index in [1.54, 1.807) is 0 Å². The molecular weight excluding hydrogens is 250 g/mol. The Kier molecular flexibility index (Phi) is 3.13. The van der Waals surface area contributed by atoms with E-state index in [9.17, 15) is 10.1 Å². The predicted octanol–water partition coefficient (Wildman–Crippen LogP) is 0.781. The van der Waals surface area contributed by atoms with Gasteiger partial charge in [-0.05, 0) is 26.3 Å². The minimum Gasteiger partial charge on any atom is -0.303 e. The Morgan fingerprint density at radius 3 is 2.53 bits per heavy atom. The third kappa shape index (κ3) is 1.99. The van der Waals surface area contributed by atoms with E-state index in [4.69, 9.17) is 5.84 Å². The molecule has 0 aromatic carbocycles. The van der Waals surface area contributed by atoms with Crippen LogP contribution in [-0.4, -0.2) is 24.7 Å². The van der Waals surface area contributed by atoms with Crippen LogP contribution in [0.3, 0.4) is 0 Å². The molecular formula is C10H13N7O2. The summed E-state index contributed by atoms with van der Waals surface area (Å²) in [5.41, 5.74) is 4.40. The van der Waals surface area contributed by atoms with E-state index in [0.29, 0.717) is 0 Å². The normalized spacial score (nSPS) is 10.5. The Balaban J connectivity index is 2.75. The molecule has 0 atom stereocenters. The predicted molar refractivity (Wildman–Crippen MR) is 67.8 cm³/mol. The van der Waals surface area contributed by atoms with Crippen molar-refractivity contribution >= 4 is 11.5 Å². The zero-order valence-corrected chi connectivity index (χ0v) is 10.7. The van der Waals surface area contributed by atoms with Gasteiger partial charge in [-0.2, -0.15) is 5.10 Å². The molecule has 19 heavy (non-hydrogen) atoms. The lowest BCUT2D eigenvalue weighted by molar-refractivity contribution is -0.384. The van der Waals surface area contributed by atoms with Crippen LogP contribution in [-0.2, 0) is 0 Å². The molecule has 0 saturated heterocycles. The molecule has 0 radical (unpaired) electrons. The highest BCUT2D eigenvalue weighted by atomic mass is 16.6. The summed E-state index contributed by atoms with van der Waals surface area (Å²) in [5.74, 6) is 5.26. The molecule has 2 rings (SSSR count). The second kappa shape index (κ2) is 4.61. The molecule has 0 unspecified atom stereocenters. The number of hydrogen-bond donors (Lipinski definition) is 2. The van der Waals surface area contributed by atoms with Crippen molar-refractivity contribution in [2.45, 2.75) is 20.8 Å². The Morgan fingerprint density at radius 2 is 2.05 bits per heavy atom. The summed E-state index contributed by atoms with van der Waals surface area (Å²) in [7, 11) is 0. The highest BCUT2D eigenvalue weighted by Crippen LogP contribution is 2.28. The smallest absolute Gasteiger partial charge is 0.303 e. The van der Waals surface area contributed by atoms with Crippen LogP contribution in [0.5, 0.6) is 0 Å². The topological polar surface area (TPSA) is 125 Å². The van der Waals surface area contributed by atoms with Crippen LogP contribution in [0.4, 0.5) is 11.5 Å². The number of nitrogens with zero attached hydrogens (tertiary/aromatic N) is 5.